The minimum Gasteiger partial charge on any atom is -0.496 e. The van der Waals surface area contributed by atoms with Crippen molar-refractivity contribution in [2.45, 2.75) is 32.8 Å². The van der Waals surface area contributed by atoms with Gasteiger partial charge in [-0.05, 0) is 23.1 Å². The maximum atomic E-state index is 5.47. The standard InChI is InChI=1S/C14H23NO2/c1-14(2,3)12-5-6-13(16-4)11(9-12)10-17-8-7-15/h5-6,9H,7-8,10,15H2,1-4H3. The van der Waals surface area contributed by atoms with Crippen LogP contribution >= 0.6 is 0 Å². The van der Waals surface area contributed by atoms with E-state index in [1.807, 2.05) is 6.07 Å². The van der Waals surface area contributed by atoms with Crippen molar-refractivity contribution in [1.82, 2.24) is 0 Å². The molecule has 0 aromatic heterocycles. The summed E-state index contributed by atoms with van der Waals surface area (Å²) in [7, 11) is 1.68. The molecule has 96 valence electrons. The second kappa shape index (κ2) is 6.03. The fourth-order valence-corrected chi connectivity index (χ4v) is 1.62. The third-order valence-electron chi connectivity index (χ3n) is 2.67. The summed E-state index contributed by atoms with van der Waals surface area (Å²) in [5.41, 5.74) is 7.90. The Labute approximate surface area is 104 Å². The van der Waals surface area contributed by atoms with Crippen molar-refractivity contribution in [3.63, 3.8) is 0 Å². The van der Waals surface area contributed by atoms with E-state index in [2.05, 4.69) is 32.9 Å². The summed E-state index contributed by atoms with van der Waals surface area (Å²) in [5, 5.41) is 0. The lowest BCUT2D eigenvalue weighted by molar-refractivity contribution is 0.126. The normalized spacial score (nSPS) is 11.6. The van der Waals surface area contributed by atoms with E-state index in [0.29, 0.717) is 19.8 Å². The maximum Gasteiger partial charge on any atom is 0.124 e. The number of hydrogen-bond acceptors (Lipinski definition) is 3. The van der Waals surface area contributed by atoms with Crippen LogP contribution in [0.3, 0.4) is 0 Å². The highest BCUT2D eigenvalue weighted by Crippen LogP contribution is 2.28. The average molecular weight is 237 g/mol. The van der Waals surface area contributed by atoms with E-state index in [0.717, 1.165) is 11.3 Å². The summed E-state index contributed by atoms with van der Waals surface area (Å²) >= 11 is 0. The largest absolute Gasteiger partial charge is 0.496 e. The molecule has 0 spiro atoms. The third-order valence-corrected chi connectivity index (χ3v) is 2.67. The van der Waals surface area contributed by atoms with Crippen LogP contribution in [-0.2, 0) is 16.8 Å². The topological polar surface area (TPSA) is 44.5 Å². The quantitative estimate of drug-likeness (QED) is 0.800. The number of hydrogen-bond donors (Lipinski definition) is 1. The molecular formula is C14H23NO2. The van der Waals surface area contributed by atoms with Gasteiger partial charge in [-0.3, -0.25) is 0 Å². The summed E-state index contributed by atoms with van der Waals surface area (Å²) in [6.07, 6.45) is 0. The second-order valence-corrected chi connectivity index (χ2v) is 5.12. The van der Waals surface area contributed by atoms with Crippen LogP contribution in [0.25, 0.3) is 0 Å². The SMILES string of the molecule is COc1ccc(C(C)(C)C)cc1COCCN. The first kappa shape index (κ1) is 14.0. The Bertz CT molecular complexity index is 356. The molecule has 0 fully saturated rings. The molecular weight excluding hydrogens is 214 g/mol. The van der Waals surface area contributed by atoms with Crippen molar-refractivity contribution in [3.05, 3.63) is 29.3 Å². The van der Waals surface area contributed by atoms with Crippen LogP contribution in [0.4, 0.5) is 0 Å². The van der Waals surface area contributed by atoms with Gasteiger partial charge in [-0.2, -0.15) is 0 Å². The smallest absolute Gasteiger partial charge is 0.124 e. The van der Waals surface area contributed by atoms with Crippen LogP contribution in [0.15, 0.2) is 18.2 Å². The van der Waals surface area contributed by atoms with Crippen molar-refractivity contribution in [3.8, 4) is 5.75 Å². The Kier molecular flexibility index (Phi) is 4.97. The van der Waals surface area contributed by atoms with Crippen LogP contribution in [0.1, 0.15) is 31.9 Å². The highest BCUT2D eigenvalue weighted by molar-refractivity contribution is 5.39. The molecule has 3 nitrogen and oxygen atoms in total. The van der Waals surface area contributed by atoms with Gasteiger partial charge in [0.15, 0.2) is 0 Å². The van der Waals surface area contributed by atoms with E-state index in [1.54, 1.807) is 7.11 Å². The zero-order chi connectivity index (χ0) is 12.9. The highest BCUT2D eigenvalue weighted by atomic mass is 16.5. The number of rotatable bonds is 5. The second-order valence-electron chi connectivity index (χ2n) is 5.12. The van der Waals surface area contributed by atoms with Gasteiger partial charge in [-0.25, -0.2) is 0 Å². The van der Waals surface area contributed by atoms with Gasteiger partial charge in [0, 0.05) is 12.1 Å². The first-order valence-corrected chi connectivity index (χ1v) is 5.94. The molecule has 0 atom stereocenters. The van der Waals surface area contributed by atoms with Gasteiger partial charge in [-0.15, -0.1) is 0 Å². The predicted molar refractivity (Wildman–Crippen MR) is 70.4 cm³/mol. The summed E-state index contributed by atoms with van der Waals surface area (Å²) in [6.45, 7) is 8.24. The van der Waals surface area contributed by atoms with E-state index in [-0.39, 0.29) is 5.41 Å². The van der Waals surface area contributed by atoms with Gasteiger partial charge >= 0.3 is 0 Å². The summed E-state index contributed by atoms with van der Waals surface area (Å²) < 4.78 is 10.8. The lowest BCUT2D eigenvalue weighted by Crippen LogP contribution is -2.13. The van der Waals surface area contributed by atoms with E-state index < -0.39 is 0 Å². The molecule has 0 saturated carbocycles. The van der Waals surface area contributed by atoms with Crippen LogP contribution in [-0.4, -0.2) is 20.3 Å². The van der Waals surface area contributed by atoms with E-state index in [9.17, 15) is 0 Å². The molecule has 3 heteroatoms. The molecule has 0 aliphatic rings. The first-order chi connectivity index (χ1) is 7.99. The Morgan fingerprint density at radius 1 is 1.24 bits per heavy atom. The first-order valence-electron chi connectivity index (χ1n) is 5.94. The van der Waals surface area contributed by atoms with Gasteiger partial charge < -0.3 is 15.2 Å². The molecule has 1 aromatic rings. The predicted octanol–water partition coefficient (Wildman–Crippen LogP) is 2.47. The minimum atomic E-state index is 0.134. The molecule has 0 unspecified atom stereocenters. The number of ether oxygens (including phenoxy) is 2. The highest BCUT2D eigenvalue weighted by Gasteiger charge is 2.15. The van der Waals surface area contributed by atoms with Crippen molar-refractivity contribution in [2.75, 3.05) is 20.3 Å². The average Bonchev–Trinajstić information content (AvgIpc) is 2.28. The third kappa shape index (κ3) is 4.02. The lowest BCUT2D eigenvalue weighted by atomic mass is 9.86. The summed E-state index contributed by atoms with van der Waals surface area (Å²) in [4.78, 5) is 0. The molecule has 1 aromatic carbocycles. The Hall–Kier alpha value is -1.06. The van der Waals surface area contributed by atoms with Crippen molar-refractivity contribution >= 4 is 0 Å². The molecule has 0 bridgehead atoms. The monoisotopic (exact) mass is 237 g/mol. The van der Waals surface area contributed by atoms with Crippen LogP contribution < -0.4 is 10.5 Å². The fourth-order valence-electron chi connectivity index (χ4n) is 1.62. The summed E-state index contributed by atoms with van der Waals surface area (Å²) in [6, 6.07) is 6.25. The van der Waals surface area contributed by atoms with Crippen LogP contribution in [0.2, 0.25) is 0 Å². The summed E-state index contributed by atoms with van der Waals surface area (Å²) in [5.74, 6) is 0.870. The van der Waals surface area contributed by atoms with Gasteiger partial charge in [0.1, 0.15) is 5.75 Å². The van der Waals surface area contributed by atoms with Crippen molar-refractivity contribution in [1.29, 1.82) is 0 Å². The number of methoxy groups -OCH3 is 1. The molecule has 0 aliphatic carbocycles. The van der Waals surface area contributed by atoms with Gasteiger partial charge in [0.2, 0.25) is 0 Å². The Morgan fingerprint density at radius 2 is 1.94 bits per heavy atom. The maximum absolute atomic E-state index is 5.47. The molecule has 17 heavy (non-hydrogen) atoms. The van der Waals surface area contributed by atoms with Gasteiger partial charge in [0.05, 0.1) is 20.3 Å². The zero-order valence-electron chi connectivity index (χ0n) is 11.2. The molecule has 0 radical (unpaired) electrons. The van der Waals surface area contributed by atoms with E-state index in [1.165, 1.54) is 5.56 Å². The number of nitrogens with two attached hydrogens (primary N) is 1. The molecule has 1 rings (SSSR count). The molecule has 0 heterocycles. The van der Waals surface area contributed by atoms with Crippen molar-refractivity contribution in [2.24, 2.45) is 5.73 Å². The number of benzene rings is 1. The molecule has 0 amide bonds. The molecule has 0 aliphatic heterocycles. The van der Waals surface area contributed by atoms with Crippen molar-refractivity contribution < 1.29 is 9.47 Å². The van der Waals surface area contributed by atoms with Gasteiger partial charge in [-0.1, -0.05) is 26.8 Å². The Balaban J connectivity index is 2.90. The minimum absolute atomic E-state index is 0.134. The zero-order valence-corrected chi connectivity index (χ0v) is 11.2. The van der Waals surface area contributed by atoms with Crippen LogP contribution in [0, 0.1) is 0 Å². The molecule has 2 N–H and O–H groups in total. The van der Waals surface area contributed by atoms with E-state index >= 15 is 0 Å². The Morgan fingerprint density at radius 3 is 2.47 bits per heavy atom. The lowest BCUT2D eigenvalue weighted by Gasteiger charge is -2.21. The molecule has 0 saturated heterocycles. The van der Waals surface area contributed by atoms with Crippen LogP contribution in [0.5, 0.6) is 5.75 Å². The fraction of sp³-hybridized carbons (Fsp3) is 0.571. The van der Waals surface area contributed by atoms with Gasteiger partial charge in [0.25, 0.3) is 0 Å². The van der Waals surface area contributed by atoms with E-state index in [4.69, 9.17) is 15.2 Å².